The third-order valence-electron chi connectivity index (χ3n) is 6.05. The summed E-state index contributed by atoms with van der Waals surface area (Å²) in [5, 5.41) is 13.0. The van der Waals surface area contributed by atoms with Gasteiger partial charge in [0.2, 0.25) is 0 Å². The number of Topliss-reactive ketones (excluding diaryl/α,β-unsaturated/α-hetero) is 1. The minimum atomic E-state index is -4.66. The lowest BCUT2D eigenvalue weighted by Crippen LogP contribution is -3.00. The van der Waals surface area contributed by atoms with Crippen LogP contribution in [0, 0.1) is 0 Å². The number of hydrogen-bond donors (Lipinski definition) is 3. The molecule has 2 fully saturated rings. The van der Waals surface area contributed by atoms with Gasteiger partial charge in [-0.2, -0.15) is 8.42 Å². The smallest absolute Gasteiger partial charge is 0.338 e. The number of amides is 2. The summed E-state index contributed by atoms with van der Waals surface area (Å²) in [4.78, 5) is 98.7. The molecule has 0 aliphatic carbocycles. The summed E-state index contributed by atoms with van der Waals surface area (Å²) in [6.07, 6.45) is 2.96. The molecule has 0 aromatic carbocycles. The third kappa shape index (κ3) is 29.3. The van der Waals surface area contributed by atoms with Crippen molar-refractivity contribution < 1.29 is 97.7 Å². The fourth-order valence-electron chi connectivity index (χ4n) is 3.88. The number of likely N-dealkylation sites (tertiary alicyclic amines) is 1. The number of carboxylic acid groups (broad SMARTS) is 2. The van der Waals surface area contributed by atoms with Gasteiger partial charge in [0.05, 0.1) is 55.0 Å². The fraction of sp³-hybridized carbons (Fsp3) is 0.618. The van der Waals surface area contributed by atoms with Crippen LogP contribution in [0.15, 0.2) is 0 Å². The zero-order valence-electron chi connectivity index (χ0n) is 34.1. The summed E-state index contributed by atoms with van der Waals surface area (Å²) < 4.78 is 54.9. The number of carboxylic acids is 2. The normalized spacial score (nSPS) is 13.8. The van der Waals surface area contributed by atoms with Gasteiger partial charge in [-0.15, -0.1) is 35.0 Å². The summed E-state index contributed by atoms with van der Waals surface area (Å²) in [6.45, 7) is 9.51. The molecule has 0 bridgehead atoms. The number of hydrogen-bond acceptors (Lipinski definition) is 21. The van der Waals surface area contributed by atoms with E-state index in [1.54, 1.807) is 14.2 Å². The number of ether oxygens (including phenoxy) is 5. The Hall–Kier alpha value is -5.93. The van der Waals surface area contributed by atoms with Gasteiger partial charge in [-0.1, -0.05) is 22.3 Å². The molecule has 0 spiro atoms. The molecular weight excluding hydrogens is 876 g/mol. The molecule has 2 aromatic rings. The number of halogens is 1. The monoisotopic (exact) mass is 936 g/mol. The van der Waals surface area contributed by atoms with Gasteiger partial charge in [0.25, 0.3) is 33.9 Å². The Morgan fingerprint density at radius 1 is 0.645 bits per heavy atom. The minimum Gasteiger partial charge on any atom is -1.00 e. The number of aromatic nitrogens is 6. The molecule has 2 saturated heterocycles. The summed E-state index contributed by atoms with van der Waals surface area (Å²) in [6, 6.07) is 0.524. The number of aliphatic carboxylic acids is 2. The summed E-state index contributed by atoms with van der Waals surface area (Å²) in [5.74, 6) is -4.49. The number of quaternary nitrogens is 1. The van der Waals surface area contributed by atoms with Crippen LogP contribution in [0.25, 0.3) is 0 Å². The van der Waals surface area contributed by atoms with Crippen LogP contribution >= 0.6 is 0 Å². The number of carbonyl (C=O) groups is 7. The molecular formula is C34H61ClN8O18S. The second-order valence-corrected chi connectivity index (χ2v) is 13.1. The highest BCUT2D eigenvalue weighted by Gasteiger charge is 2.48. The molecule has 1 unspecified atom stereocenters. The van der Waals surface area contributed by atoms with E-state index < -0.39 is 57.5 Å². The fourth-order valence-corrected chi connectivity index (χ4v) is 4.58. The van der Waals surface area contributed by atoms with Crippen molar-refractivity contribution in [3.63, 3.8) is 0 Å². The Kier molecular flexibility index (Phi) is 36.9. The van der Waals surface area contributed by atoms with Crippen molar-refractivity contribution >= 4 is 57.5 Å². The van der Waals surface area contributed by atoms with E-state index in [0.717, 1.165) is 44.3 Å². The summed E-state index contributed by atoms with van der Waals surface area (Å²) in [7, 11) is 3.35. The second-order valence-electron chi connectivity index (χ2n) is 11.5. The first-order valence-electron chi connectivity index (χ1n) is 16.4. The van der Waals surface area contributed by atoms with Crippen LogP contribution in [-0.4, -0.2) is 153 Å². The Balaban J connectivity index is -0.000000163. The lowest BCUT2D eigenvalue weighted by atomic mass is 10.1. The molecule has 28 heteroatoms. The molecule has 358 valence electrons. The van der Waals surface area contributed by atoms with Gasteiger partial charge in [0.1, 0.15) is 5.78 Å². The topological polar surface area (TPSA) is 350 Å². The van der Waals surface area contributed by atoms with E-state index in [2.05, 4.69) is 46.5 Å². The van der Waals surface area contributed by atoms with Gasteiger partial charge >= 0.3 is 47.9 Å². The van der Waals surface area contributed by atoms with Crippen LogP contribution < -0.4 is 40.6 Å². The van der Waals surface area contributed by atoms with E-state index in [1.807, 2.05) is 0 Å². The van der Waals surface area contributed by atoms with Crippen molar-refractivity contribution in [3.8, 4) is 30.1 Å². The van der Waals surface area contributed by atoms with Crippen LogP contribution in [-0.2, 0) is 48.5 Å². The van der Waals surface area contributed by atoms with E-state index in [4.69, 9.17) is 43.3 Å². The molecule has 2 aliphatic heterocycles. The number of piperidine rings is 1. The van der Waals surface area contributed by atoms with E-state index in [-0.39, 0.29) is 63.6 Å². The van der Waals surface area contributed by atoms with Crippen LogP contribution in [0.4, 0.5) is 5.95 Å². The molecule has 0 radical (unpaired) electrons. The van der Waals surface area contributed by atoms with Crippen LogP contribution in [0.5, 0.6) is 30.1 Å². The molecule has 4 heterocycles. The summed E-state index contributed by atoms with van der Waals surface area (Å²) in [5.41, 5.74) is 0. The first kappa shape index (κ1) is 67.8. The predicted octanol–water partition coefficient (Wildman–Crippen LogP) is -1.01. The maximum absolute atomic E-state index is 11.2. The number of esters is 1. The Bertz CT molecular complexity index is 1750. The number of nitrogens with zero attached hydrogens (tertiary/aromatic N) is 8. The number of rotatable bonds is 8. The number of hydroxylamine groups is 2. The van der Waals surface area contributed by atoms with Crippen molar-refractivity contribution in [2.75, 3.05) is 48.6 Å². The minimum absolute atomic E-state index is 0. The van der Waals surface area contributed by atoms with Gasteiger partial charge in [-0.05, 0) is 33.1 Å². The molecule has 26 nitrogen and oxygen atoms in total. The van der Waals surface area contributed by atoms with Crippen molar-refractivity contribution in [1.29, 1.82) is 0 Å². The van der Waals surface area contributed by atoms with E-state index in [0.29, 0.717) is 12.0 Å². The standard InChI is InChI=1S/C11H19N4O2.C7H9N3O4.C6H7NO7S.C3H6O.2C2H4O2.3CH4.ClH/c1-15(7-5-4-6-8-15)9-12-10(16-2)14-11(13-9)17-3;1-4(11)14-7-9-5(12-2)8-6(10-7)13-3;1-3(8)14-7-5(9)2-4(6(7)10)15(11,12)13;1-3(2)4;2*1-2(3)4;;;;/h4-8H2,1-3H3;1-3H3;4H,2H2,1H3,(H,11,12,13);1-2H3;2*1H3,(H,3,4);3*1H4;1H/q+1;;;;;;;;;/p-1. The van der Waals surface area contributed by atoms with Gasteiger partial charge < -0.3 is 55.9 Å². The van der Waals surface area contributed by atoms with Crippen molar-refractivity contribution in [2.45, 2.75) is 94.8 Å². The average molecular weight is 937 g/mol. The summed E-state index contributed by atoms with van der Waals surface area (Å²) >= 11 is 0. The molecule has 1 atom stereocenters. The Morgan fingerprint density at radius 3 is 1.24 bits per heavy atom. The van der Waals surface area contributed by atoms with Gasteiger partial charge in [0.15, 0.2) is 5.25 Å². The van der Waals surface area contributed by atoms with Crippen molar-refractivity contribution in [3.05, 3.63) is 0 Å². The van der Waals surface area contributed by atoms with Crippen LogP contribution in [0.1, 0.15) is 89.5 Å². The third-order valence-corrected chi connectivity index (χ3v) is 7.14. The number of ketones is 1. The number of carbonyl (C=O) groups excluding carboxylic acids is 5. The molecule has 0 saturated carbocycles. The molecule has 2 amide bonds. The lowest BCUT2D eigenvalue weighted by Gasteiger charge is -2.34. The highest BCUT2D eigenvalue weighted by Crippen LogP contribution is 2.25. The zero-order valence-corrected chi connectivity index (χ0v) is 35.7. The van der Waals surface area contributed by atoms with Crippen LogP contribution in [0.3, 0.4) is 0 Å². The Morgan fingerprint density at radius 2 is 0.968 bits per heavy atom. The van der Waals surface area contributed by atoms with Gasteiger partial charge in [0, 0.05) is 27.7 Å². The molecule has 2 aliphatic rings. The first-order valence-corrected chi connectivity index (χ1v) is 17.9. The molecule has 3 N–H and O–H groups in total. The predicted molar refractivity (Wildman–Crippen MR) is 215 cm³/mol. The average Bonchev–Trinajstić information content (AvgIpc) is 3.39. The van der Waals surface area contributed by atoms with Crippen molar-refractivity contribution in [1.82, 2.24) is 39.5 Å². The quantitative estimate of drug-likeness (QED) is 0.124. The number of imide groups is 1. The largest absolute Gasteiger partial charge is 1.00 e. The van der Waals surface area contributed by atoms with Gasteiger partial charge in [-0.25, -0.2) is 4.79 Å². The lowest BCUT2D eigenvalue weighted by molar-refractivity contribution is -0.195. The van der Waals surface area contributed by atoms with E-state index in [9.17, 15) is 32.4 Å². The Labute approximate surface area is 367 Å². The second kappa shape index (κ2) is 33.7. The van der Waals surface area contributed by atoms with Crippen LogP contribution in [0.2, 0.25) is 0 Å². The zero-order chi connectivity index (χ0) is 45.4. The van der Waals surface area contributed by atoms with Gasteiger partial charge in [-0.3, -0.25) is 33.0 Å². The van der Waals surface area contributed by atoms with E-state index in [1.165, 1.54) is 54.3 Å². The molecule has 4 rings (SSSR count). The number of methoxy groups -OCH3 is 4. The molecule has 2 aromatic heterocycles. The maximum atomic E-state index is 11.2. The van der Waals surface area contributed by atoms with E-state index >= 15 is 0 Å². The highest BCUT2D eigenvalue weighted by atomic mass is 35.5. The maximum Gasteiger partial charge on any atom is 0.338 e. The van der Waals surface area contributed by atoms with Crippen molar-refractivity contribution in [2.24, 2.45) is 0 Å². The first-order chi connectivity index (χ1) is 26.8. The molecule has 62 heavy (non-hydrogen) atoms. The SMILES string of the molecule is C.C.C.CC(=O)O.CC(=O)O.CC(=O)ON1C(=O)CC(S(=O)(=O)O)C1=O.CC(C)=O.COc1nc(OC)nc(OC(C)=O)n1.COc1nc(OC)nc([N+]2(C)CCCCC2)n1.[Cl-]. The highest BCUT2D eigenvalue weighted by molar-refractivity contribution is 7.87.